The Morgan fingerprint density at radius 1 is 1.00 bits per heavy atom. The topological polar surface area (TPSA) is 89.4 Å². The van der Waals surface area contributed by atoms with Gasteiger partial charge >= 0.3 is 5.97 Å². The third kappa shape index (κ3) is 4.44. The van der Waals surface area contributed by atoms with Gasteiger partial charge in [0.25, 0.3) is 0 Å². The molecule has 0 spiro atoms. The third-order valence-corrected chi connectivity index (χ3v) is 5.05. The van der Waals surface area contributed by atoms with Crippen LogP contribution in [0.2, 0.25) is 0 Å². The molecule has 0 atom stereocenters. The Hall–Kier alpha value is -3.38. The number of carbonyl (C=O) groups is 2. The van der Waals surface area contributed by atoms with Crippen molar-refractivity contribution >= 4 is 11.8 Å². The van der Waals surface area contributed by atoms with E-state index in [2.05, 4.69) is 9.97 Å². The van der Waals surface area contributed by atoms with Gasteiger partial charge in [0.15, 0.2) is 5.78 Å². The first-order chi connectivity index (χ1) is 14.3. The molecule has 0 saturated heterocycles. The number of pyridine rings is 2. The van der Waals surface area contributed by atoms with Gasteiger partial charge in [-0.05, 0) is 61.2 Å². The van der Waals surface area contributed by atoms with E-state index in [4.69, 9.17) is 4.74 Å². The van der Waals surface area contributed by atoms with Crippen molar-refractivity contribution in [2.75, 3.05) is 7.11 Å². The zero-order valence-electron chi connectivity index (χ0n) is 17.5. The van der Waals surface area contributed by atoms with Gasteiger partial charge in [0.05, 0.1) is 19.4 Å². The number of ketones is 1. The molecule has 0 amide bonds. The van der Waals surface area contributed by atoms with Gasteiger partial charge in [-0.15, -0.1) is 0 Å². The molecule has 0 aliphatic rings. The number of methoxy groups -OCH3 is 1. The first-order valence-electron chi connectivity index (χ1n) is 9.60. The average Bonchev–Trinajstić information content (AvgIpc) is 2.75. The fourth-order valence-corrected chi connectivity index (χ4v) is 3.38. The molecule has 0 bridgehead atoms. The number of aliphatic hydroxyl groups excluding tert-OH is 1. The molecule has 6 nitrogen and oxygen atoms in total. The van der Waals surface area contributed by atoms with Crippen LogP contribution in [0.25, 0.3) is 11.3 Å². The van der Waals surface area contributed by atoms with Crippen molar-refractivity contribution in [1.29, 1.82) is 0 Å². The van der Waals surface area contributed by atoms with Crippen LogP contribution in [0.5, 0.6) is 0 Å². The average molecular weight is 404 g/mol. The second-order valence-corrected chi connectivity index (χ2v) is 7.20. The Balaban J connectivity index is 1.93. The summed E-state index contributed by atoms with van der Waals surface area (Å²) in [6.45, 7) is 5.42. The molecule has 0 saturated carbocycles. The van der Waals surface area contributed by atoms with E-state index < -0.39 is 5.97 Å². The van der Waals surface area contributed by atoms with Crippen LogP contribution in [-0.4, -0.2) is 33.9 Å². The molecular formula is C24H24N2O4. The fraction of sp³-hybridized carbons (Fsp3) is 0.250. The lowest BCUT2D eigenvalue weighted by Gasteiger charge is -2.12. The lowest BCUT2D eigenvalue weighted by Crippen LogP contribution is -2.13. The van der Waals surface area contributed by atoms with Crippen LogP contribution in [0.3, 0.4) is 0 Å². The Labute approximate surface area is 175 Å². The van der Waals surface area contributed by atoms with E-state index in [1.165, 1.54) is 7.11 Å². The molecule has 6 heteroatoms. The van der Waals surface area contributed by atoms with Crippen molar-refractivity contribution in [1.82, 2.24) is 9.97 Å². The minimum absolute atomic E-state index is 0.0569. The highest BCUT2D eigenvalue weighted by atomic mass is 16.5. The number of aliphatic hydroxyl groups is 1. The Bertz CT molecular complexity index is 1100. The number of rotatable bonds is 6. The van der Waals surface area contributed by atoms with Crippen molar-refractivity contribution in [3.05, 3.63) is 81.8 Å². The van der Waals surface area contributed by atoms with Gasteiger partial charge in [0.2, 0.25) is 0 Å². The van der Waals surface area contributed by atoms with E-state index in [0.29, 0.717) is 17.1 Å². The highest BCUT2D eigenvalue weighted by molar-refractivity contribution is 5.98. The number of aromatic nitrogens is 2. The van der Waals surface area contributed by atoms with Crippen LogP contribution in [0.1, 0.15) is 48.9 Å². The number of benzene rings is 1. The normalized spacial score (nSPS) is 10.7. The Kier molecular flexibility index (Phi) is 6.37. The second-order valence-electron chi connectivity index (χ2n) is 7.20. The number of ether oxygens (including phenoxy) is 1. The van der Waals surface area contributed by atoms with Crippen molar-refractivity contribution in [2.45, 2.75) is 33.8 Å². The summed E-state index contributed by atoms with van der Waals surface area (Å²) in [6.07, 6.45) is 0.139. The highest BCUT2D eigenvalue weighted by Crippen LogP contribution is 2.22. The molecule has 3 aromatic rings. The summed E-state index contributed by atoms with van der Waals surface area (Å²) in [4.78, 5) is 33.8. The second kappa shape index (κ2) is 8.97. The molecule has 1 N–H and O–H groups in total. The van der Waals surface area contributed by atoms with Crippen LogP contribution in [0.15, 0.2) is 42.5 Å². The Morgan fingerprint density at radius 3 is 2.43 bits per heavy atom. The zero-order chi connectivity index (χ0) is 21.8. The third-order valence-electron chi connectivity index (χ3n) is 5.05. The molecule has 0 aliphatic carbocycles. The Morgan fingerprint density at radius 2 is 1.77 bits per heavy atom. The lowest BCUT2D eigenvalue weighted by molar-refractivity contribution is 0.0593. The fourth-order valence-electron chi connectivity index (χ4n) is 3.38. The van der Waals surface area contributed by atoms with Crippen molar-refractivity contribution in [3.63, 3.8) is 0 Å². The maximum Gasteiger partial charge on any atom is 0.356 e. The van der Waals surface area contributed by atoms with Gasteiger partial charge in [0.1, 0.15) is 11.4 Å². The minimum atomic E-state index is -0.505. The van der Waals surface area contributed by atoms with Gasteiger partial charge in [-0.1, -0.05) is 24.3 Å². The van der Waals surface area contributed by atoms with Gasteiger partial charge in [-0.2, -0.15) is 0 Å². The standard InChI is InChI=1S/C24H24N2O4/c1-14-8-9-20(18-7-5-6-17(11-18)13-27)26-23(14)22(28)12-19-15(2)10-21(24(29)30-4)25-16(19)3/h5-11,27H,12-13H2,1-4H3. The number of carbonyl (C=O) groups excluding carboxylic acids is 2. The number of aryl methyl sites for hydroxylation is 3. The number of nitrogens with zero attached hydrogens (tertiary/aromatic N) is 2. The summed E-state index contributed by atoms with van der Waals surface area (Å²) in [6, 6.07) is 12.8. The van der Waals surface area contributed by atoms with Crippen LogP contribution >= 0.6 is 0 Å². The predicted molar refractivity (Wildman–Crippen MR) is 113 cm³/mol. The lowest BCUT2D eigenvalue weighted by atomic mass is 9.97. The van der Waals surface area contributed by atoms with Crippen molar-refractivity contribution in [2.24, 2.45) is 0 Å². The molecule has 2 aromatic heterocycles. The van der Waals surface area contributed by atoms with Crippen LogP contribution < -0.4 is 0 Å². The molecule has 0 fully saturated rings. The minimum Gasteiger partial charge on any atom is -0.464 e. The maximum atomic E-state index is 13.1. The first-order valence-corrected chi connectivity index (χ1v) is 9.60. The highest BCUT2D eigenvalue weighted by Gasteiger charge is 2.18. The summed E-state index contributed by atoms with van der Waals surface area (Å²) in [5.74, 6) is -0.624. The number of hydrogen-bond acceptors (Lipinski definition) is 6. The van der Waals surface area contributed by atoms with E-state index in [9.17, 15) is 14.7 Å². The summed E-state index contributed by atoms with van der Waals surface area (Å²) in [7, 11) is 1.31. The zero-order valence-corrected chi connectivity index (χ0v) is 17.5. The van der Waals surface area contributed by atoms with E-state index in [1.54, 1.807) is 13.0 Å². The number of esters is 1. The van der Waals surface area contributed by atoms with Crippen LogP contribution in [0, 0.1) is 20.8 Å². The molecule has 2 heterocycles. The molecule has 0 aliphatic heterocycles. The summed E-state index contributed by atoms with van der Waals surface area (Å²) in [5.41, 5.74) is 5.91. The summed E-state index contributed by atoms with van der Waals surface area (Å²) >= 11 is 0. The first kappa shape index (κ1) is 21.3. The summed E-state index contributed by atoms with van der Waals surface area (Å²) < 4.78 is 4.73. The molecule has 30 heavy (non-hydrogen) atoms. The van der Waals surface area contributed by atoms with Gasteiger partial charge < -0.3 is 9.84 Å². The SMILES string of the molecule is COC(=O)c1cc(C)c(CC(=O)c2nc(-c3cccc(CO)c3)ccc2C)c(C)n1. The molecule has 154 valence electrons. The molecule has 3 rings (SSSR count). The largest absolute Gasteiger partial charge is 0.464 e. The number of Topliss-reactive ketones (excluding diaryl/α,β-unsaturated/α-hetero) is 1. The maximum absolute atomic E-state index is 13.1. The van der Waals surface area contributed by atoms with Crippen LogP contribution in [-0.2, 0) is 17.8 Å². The van der Waals surface area contributed by atoms with Gasteiger partial charge in [-0.3, -0.25) is 4.79 Å². The van der Waals surface area contributed by atoms with E-state index in [1.807, 2.05) is 50.2 Å². The van der Waals surface area contributed by atoms with Crippen LogP contribution in [0.4, 0.5) is 0 Å². The van der Waals surface area contributed by atoms with Gasteiger partial charge in [0, 0.05) is 17.7 Å². The predicted octanol–water partition coefficient (Wildman–Crippen LogP) is 3.77. The monoisotopic (exact) mass is 404 g/mol. The molecule has 0 unspecified atom stereocenters. The van der Waals surface area contributed by atoms with Crippen molar-refractivity contribution < 1.29 is 19.4 Å². The van der Waals surface area contributed by atoms with Gasteiger partial charge in [-0.25, -0.2) is 14.8 Å². The molecular weight excluding hydrogens is 380 g/mol. The molecule has 1 aromatic carbocycles. The van der Waals surface area contributed by atoms with E-state index >= 15 is 0 Å². The number of hydrogen-bond donors (Lipinski definition) is 1. The van der Waals surface area contributed by atoms with Crippen molar-refractivity contribution in [3.8, 4) is 11.3 Å². The quantitative estimate of drug-likeness (QED) is 0.497. The van der Waals surface area contributed by atoms with E-state index in [0.717, 1.165) is 27.8 Å². The van der Waals surface area contributed by atoms with E-state index in [-0.39, 0.29) is 24.5 Å². The summed E-state index contributed by atoms with van der Waals surface area (Å²) in [5, 5.41) is 9.37. The smallest absolute Gasteiger partial charge is 0.356 e. The molecule has 0 radical (unpaired) electrons.